The van der Waals surface area contributed by atoms with Crippen molar-refractivity contribution in [1.29, 1.82) is 0 Å². The number of tetrazole rings is 1. The van der Waals surface area contributed by atoms with Gasteiger partial charge in [-0.2, -0.15) is 4.80 Å². The van der Waals surface area contributed by atoms with Gasteiger partial charge in [-0.05, 0) is 35.4 Å². The molecule has 25 heavy (non-hydrogen) atoms. The molecular formula is C16H20ClN5O3. The van der Waals surface area contributed by atoms with Crippen LogP contribution in [0.4, 0.5) is 0 Å². The topological polar surface area (TPSA) is 99.0 Å². The lowest BCUT2D eigenvalue weighted by Crippen LogP contribution is -2.46. The lowest BCUT2D eigenvalue weighted by atomic mass is 9.99. The van der Waals surface area contributed by atoms with E-state index in [1.165, 1.54) is 11.9 Å². The molecule has 8 nitrogen and oxygen atoms in total. The number of ether oxygens (including phenoxy) is 1. The quantitative estimate of drug-likeness (QED) is 0.750. The van der Waals surface area contributed by atoms with Crippen LogP contribution in [0.25, 0.3) is 11.4 Å². The van der Waals surface area contributed by atoms with E-state index in [1.807, 2.05) is 13.8 Å². The first-order valence-corrected chi connectivity index (χ1v) is 8.23. The average Bonchev–Trinajstić information content (AvgIpc) is 3.07. The van der Waals surface area contributed by atoms with Gasteiger partial charge in [-0.25, -0.2) is 4.79 Å². The predicted molar refractivity (Wildman–Crippen MR) is 91.7 cm³/mol. The number of rotatable bonds is 7. The highest BCUT2D eigenvalue weighted by atomic mass is 35.5. The molecule has 2 aromatic rings. The molecule has 2 atom stereocenters. The third kappa shape index (κ3) is 4.99. The second-order valence-electron chi connectivity index (χ2n) is 5.60. The average molecular weight is 366 g/mol. The Bertz CT molecular complexity index is 732. The number of nitrogens with one attached hydrogen (secondary N) is 1. The van der Waals surface area contributed by atoms with Crippen LogP contribution in [0.2, 0.25) is 5.02 Å². The first-order valence-electron chi connectivity index (χ1n) is 7.85. The van der Waals surface area contributed by atoms with Crippen LogP contribution in [0.15, 0.2) is 24.3 Å². The zero-order valence-corrected chi connectivity index (χ0v) is 15.0. The van der Waals surface area contributed by atoms with Gasteiger partial charge in [0.15, 0.2) is 0 Å². The summed E-state index contributed by atoms with van der Waals surface area (Å²) in [5, 5.41) is 15.2. The highest BCUT2D eigenvalue weighted by Gasteiger charge is 2.26. The van der Waals surface area contributed by atoms with Crippen molar-refractivity contribution < 1.29 is 14.3 Å². The minimum absolute atomic E-state index is 0.0512. The fraction of sp³-hybridized carbons (Fsp3) is 0.438. The van der Waals surface area contributed by atoms with Crippen molar-refractivity contribution in [3.05, 3.63) is 29.3 Å². The van der Waals surface area contributed by atoms with Crippen LogP contribution in [-0.2, 0) is 20.9 Å². The molecule has 0 saturated carbocycles. The normalized spacial score (nSPS) is 13.1. The number of halogens is 1. The van der Waals surface area contributed by atoms with Gasteiger partial charge < -0.3 is 10.1 Å². The maximum atomic E-state index is 12.2. The maximum Gasteiger partial charge on any atom is 0.328 e. The van der Waals surface area contributed by atoms with E-state index in [-0.39, 0.29) is 12.5 Å². The Balaban J connectivity index is 2.03. The highest BCUT2D eigenvalue weighted by molar-refractivity contribution is 6.30. The number of benzene rings is 1. The number of amides is 1. The minimum atomic E-state index is -0.707. The Labute approximate surface area is 150 Å². The number of hydrogen-bond donors (Lipinski definition) is 1. The highest BCUT2D eigenvalue weighted by Crippen LogP contribution is 2.17. The molecule has 134 valence electrons. The zero-order valence-electron chi connectivity index (χ0n) is 14.3. The summed E-state index contributed by atoms with van der Waals surface area (Å²) in [7, 11) is 1.29. The Morgan fingerprint density at radius 3 is 2.60 bits per heavy atom. The van der Waals surface area contributed by atoms with Gasteiger partial charge in [0.1, 0.15) is 12.6 Å². The molecule has 0 fully saturated rings. The first kappa shape index (κ1) is 18.9. The van der Waals surface area contributed by atoms with Crippen molar-refractivity contribution >= 4 is 23.5 Å². The molecule has 0 radical (unpaired) electrons. The van der Waals surface area contributed by atoms with Gasteiger partial charge in [0, 0.05) is 10.6 Å². The standard InChI is InChI=1S/C16H20ClN5O3/c1-4-10(2)14(16(24)25-3)18-13(23)9-22-20-15(19-21-22)11-5-7-12(17)8-6-11/h5-8,10,14H,4,9H2,1-3H3,(H,18,23). The van der Waals surface area contributed by atoms with E-state index in [1.54, 1.807) is 24.3 Å². The van der Waals surface area contributed by atoms with Crippen LogP contribution >= 0.6 is 11.6 Å². The van der Waals surface area contributed by atoms with Crippen molar-refractivity contribution in [3.63, 3.8) is 0 Å². The fourth-order valence-electron chi connectivity index (χ4n) is 2.17. The Kier molecular flexibility index (Phi) is 6.46. The van der Waals surface area contributed by atoms with Crippen LogP contribution in [-0.4, -0.2) is 45.2 Å². The van der Waals surface area contributed by atoms with Gasteiger partial charge in [0.05, 0.1) is 7.11 Å². The molecule has 0 saturated heterocycles. The third-order valence-corrected chi connectivity index (χ3v) is 4.08. The summed E-state index contributed by atoms with van der Waals surface area (Å²) in [6, 6.07) is 6.26. The molecule has 0 spiro atoms. The van der Waals surface area contributed by atoms with Gasteiger partial charge >= 0.3 is 5.97 Å². The van der Waals surface area contributed by atoms with Crippen LogP contribution < -0.4 is 5.32 Å². The largest absolute Gasteiger partial charge is 0.467 e. The van der Waals surface area contributed by atoms with E-state index < -0.39 is 17.9 Å². The van der Waals surface area contributed by atoms with E-state index in [2.05, 4.69) is 20.7 Å². The molecule has 2 unspecified atom stereocenters. The summed E-state index contributed by atoms with van der Waals surface area (Å²) < 4.78 is 4.74. The van der Waals surface area contributed by atoms with Crippen molar-refractivity contribution in [2.24, 2.45) is 5.92 Å². The molecule has 1 aromatic carbocycles. The zero-order chi connectivity index (χ0) is 18.4. The van der Waals surface area contributed by atoms with Crippen molar-refractivity contribution in [2.75, 3.05) is 7.11 Å². The van der Waals surface area contributed by atoms with Gasteiger partial charge in [0.25, 0.3) is 0 Å². The van der Waals surface area contributed by atoms with E-state index in [9.17, 15) is 9.59 Å². The molecule has 1 aromatic heterocycles. The molecule has 1 heterocycles. The number of hydrogen-bond acceptors (Lipinski definition) is 6. The van der Waals surface area contributed by atoms with Crippen LogP contribution in [0, 0.1) is 5.92 Å². The molecule has 0 bridgehead atoms. The molecule has 1 amide bonds. The van der Waals surface area contributed by atoms with Gasteiger partial charge in [0.2, 0.25) is 11.7 Å². The van der Waals surface area contributed by atoms with Crippen molar-refractivity contribution in [2.45, 2.75) is 32.9 Å². The molecule has 9 heteroatoms. The molecular weight excluding hydrogens is 346 g/mol. The van der Waals surface area contributed by atoms with E-state index in [0.29, 0.717) is 10.8 Å². The summed E-state index contributed by atoms with van der Waals surface area (Å²) in [5.74, 6) is -0.535. The van der Waals surface area contributed by atoms with E-state index >= 15 is 0 Å². The maximum absolute atomic E-state index is 12.2. The Hall–Kier alpha value is -2.48. The Morgan fingerprint density at radius 1 is 1.32 bits per heavy atom. The summed E-state index contributed by atoms with van der Waals surface area (Å²) in [6.45, 7) is 3.66. The lowest BCUT2D eigenvalue weighted by molar-refractivity contribution is -0.146. The summed E-state index contributed by atoms with van der Waals surface area (Å²) in [4.78, 5) is 25.2. The smallest absolute Gasteiger partial charge is 0.328 e. The number of aromatic nitrogens is 4. The Morgan fingerprint density at radius 2 is 2.00 bits per heavy atom. The van der Waals surface area contributed by atoms with Crippen molar-refractivity contribution in [3.8, 4) is 11.4 Å². The van der Waals surface area contributed by atoms with Gasteiger partial charge in [-0.1, -0.05) is 31.9 Å². The summed E-state index contributed by atoms with van der Waals surface area (Å²) in [6.07, 6.45) is 0.725. The molecule has 2 rings (SSSR count). The van der Waals surface area contributed by atoms with E-state index in [4.69, 9.17) is 16.3 Å². The molecule has 0 aliphatic heterocycles. The van der Waals surface area contributed by atoms with Crippen LogP contribution in [0.3, 0.4) is 0 Å². The fourth-order valence-corrected chi connectivity index (χ4v) is 2.29. The second kappa shape index (κ2) is 8.57. The molecule has 0 aliphatic rings. The second-order valence-corrected chi connectivity index (χ2v) is 6.04. The lowest BCUT2D eigenvalue weighted by Gasteiger charge is -2.21. The number of nitrogens with zero attached hydrogens (tertiary/aromatic N) is 4. The number of esters is 1. The number of methoxy groups -OCH3 is 1. The van der Waals surface area contributed by atoms with E-state index in [0.717, 1.165) is 12.0 Å². The molecule has 0 aliphatic carbocycles. The number of carbonyl (C=O) groups excluding carboxylic acids is 2. The SMILES string of the molecule is CCC(C)C(NC(=O)Cn1nnc(-c2ccc(Cl)cc2)n1)C(=O)OC. The van der Waals surface area contributed by atoms with Gasteiger partial charge in [-0.15, -0.1) is 10.2 Å². The third-order valence-electron chi connectivity index (χ3n) is 3.82. The summed E-state index contributed by atoms with van der Waals surface area (Å²) in [5.41, 5.74) is 0.739. The minimum Gasteiger partial charge on any atom is -0.467 e. The van der Waals surface area contributed by atoms with Crippen LogP contribution in [0.5, 0.6) is 0 Å². The number of carbonyl (C=O) groups is 2. The van der Waals surface area contributed by atoms with Crippen LogP contribution in [0.1, 0.15) is 20.3 Å². The monoisotopic (exact) mass is 365 g/mol. The predicted octanol–water partition coefficient (Wildman–Crippen LogP) is 1.70. The molecule has 1 N–H and O–H groups in total. The summed E-state index contributed by atoms with van der Waals surface area (Å²) >= 11 is 5.84. The van der Waals surface area contributed by atoms with Gasteiger partial charge in [-0.3, -0.25) is 4.79 Å². The first-order chi connectivity index (χ1) is 11.9. The van der Waals surface area contributed by atoms with Crippen molar-refractivity contribution in [1.82, 2.24) is 25.5 Å².